The van der Waals surface area contributed by atoms with E-state index in [0.29, 0.717) is 5.25 Å². The lowest BCUT2D eigenvalue weighted by Crippen LogP contribution is -2.55. The van der Waals surface area contributed by atoms with Crippen molar-refractivity contribution in [3.63, 3.8) is 0 Å². The number of aliphatic carboxylic acids is 1. The maximum absolute atomic E-state index is 11.5. The fourth-order valence-electron chi connectivity index (χ4n) is 2.55. The van der Waals surface area contributed by atoms with Gasteiger partial charge < -0.3 is 10.4 Å². The summed E-state index contributed by atoms with van der Waals surface area (Å²) in [6.07, 6.45) is 4.95. The Balaban J connectivity index is 2.55. The van der Waals surface area contributed by atoms with Gasteiger partial charge in [-0.05, 0) is 43.9 Å². The van der Waals surface area contributed by atoms with Crippen molar-refractivity contribution in [2.45, 2.75) is 63.7 Å². The van der Waals surface area contributed by atoms with Gasteiger partial charge in [-0.1, -0.05) is 27.2 Å². The third kappa shape index (κ3) is 4.16. The van der Waals surface area contributed by atoms with Crippen LogP contribution < -0.4 is 5.32 Å². The summed E-state index contributed by atoms with van der Waals surface area (Å²) in [5.41, 5.74) is -0.667. The molecule has 1 fully saturated rings. The molecule has 3 unspecified atom stereocenters. The number of carbonyl (C=O) groups is 1. The van der Waals surface area contributed by atoms with Crippen molar-refractivity contribution in [1.29, 1.82) is 0 Å². The van der Waals surface area contributed by atoms with Crippen LogP contribution in [-0.2, 0) is 4.79 Å². The molecule has 106 valence electrons. The van der Waals surface area contributed by atoms with Crippen LogP contribution in [0.4, 0.5) is 0 Å². The second-order valence-electron chi connectivity index (χ2n) is 5.48. The zero-order valence-corrected chi connectivity index (χ0v) is 12.7. The average Bonchev–Trinajstić information content (AvgIpc) is 2.36. The van der Waals surface area contributed by atoms with E-state index in [1.807, 2.05) is 18.7 Å². The number of carboxylic acids is 1. The smallest absolute Gasteiger partial charge is 0.323 e. The summed E-state index contributed by atoms with van der Waals surface area (Å²) in [6, 6.07) is 0. The molecule has 0 amide bonds. The van der Waals surface area contributed by atoms with E-state index < -0.39 is 11.5 Å². The summed E-state index contributed by atoms with van der Waals surface area (Å²) in [4.78, 5) is 11.5. The van der Waals surface area contributed by atoms with E-state index in [2.05, 4.69) is 19.2 Å². The lowest BCUT2D eigenvalue weighted by Gasteiger charge is -2.38. The highest BCUT2D eigenvalue weighted by Gasteiger charge is 2.42. The van der Waals surface area contributed by atoms with Gasteiger partial charge in [-0.25, -0.2) is 0 Å². The van der Waals surface area contributed by atoms with Gasteiger partial charge in [0.15, 0.2) is 0 Å². The third-order valence-corrected chi connectivity index (χ3v) is 5.58. The van der Waals surface area contributed by atoms with Gasteiger partial charge in [0.25, 0.3) is 0 Å². The highest BCUT2D eigenvalue weighted by atomic mass is 32.2. The number of nitrogens with one attached hydrogen (secondary N) is 1. The number of rotatable bonds is 7. The molecular formula is C14H27NO2S. The van der Waals surface area contributed by atoms with Crippen LogP contribution in [0.5, 0.6) is 0 Å². The number of thioether (sulfide) groups is 1. The molecular weight excluding hydrogens is 246 g/mol. The minimum Gasteiger partial charge on any atom is -0.480 e. The van der Waals surface area contributed by atoms with Gasteiger partial charge in [0, 0.05) is 5.25 Å². The molecule has 1 aliphatic rings. The molecule has 4 heteroatoms. The fourth-order valence-corrected chi connectivity index (χ4v) is 4.13. The molecule has 0 aromatic heterocycles. The van der Waals surface area contributed by atoms with Gasteiger partial charge in [0.05, 0.1) is 0 Å². The normalized spacial score (nSPS) is 30.1. The second-order valence-corrected chi connectivity index (χ2v) is 6.82. The van der Waals surface area contributed by atoms with Crippen molar-refractivity contribution in [2.24, 2.45) is 5.92 Å². The Bertz CT molecular complexity index is 269. The number of hydrogen-bond donors (Lipinski definition) is 2. The Morgan fingerprint density at radius 3 is 2.83 bits per heavy atom. The first kappa shape index (κ1) is 15.8. The Kier molecular flexibility index (Phi) is 6.50. The maximum Gasteiger partial charge on any atom is 0.323 e. The first-order chi connectivity index (χ1) is 8.54. The van der Waals surface area contributed by atoms with Gasteiger partial charge in [-0.2, -0.15) is 11.8 Å². The topological polar surface area (TPSA) is 49.3 Å². The van der Waals surface area contributed by atoms with Crippen molar-refractivity contribution < 1.29 is 9.90 Å². The minimum absolute atomic E-state index is 0.503. The Morgan fingerprint density at radius 2 is 2.28 bits per heavy atom. The van der Waals surface area contributed by atoms with Crippen LogP contribution in [0.2, 0.25) is 0 Å². The Labute approximate surface area is 115 Å². The standard InChI is InChI=1S/C14H27NO2S/c1-4-11(3)10-18-12-7-6-8-14(9-12,13(16)17)15-5-2/h11-12,15H,4-10H2,1-3H3,(H,16,17). The summed E-state index contributed by atoms with van der Waals surface area (Å²) >= 11 is 1.97. The summed E-state index contributed by atoms with van der Waals surface area (Å²) in [6.45, 7) is 7.20. The van der Waals surface area contributed by atoms with Gasteiger partial charge in [-0.15, -0.1) is 0 Å². The first-order valence-electron chi connectivity index (χ1n) is 7.14. The van der Waals surface area contributed by atoms with Gasteiger partial charge in [-0.3, -0.25) is 4.79 Å². The van der Waals surface area contributed by atoms with Gasteiger partial charge in [0.2, 0.25) is 0 Å². The zero-order chi connectivity index (χ0) is 13.6. The lowest BCUT2D eigenvalue weighted by molar-refractivity contribution is -0.146. The first-order valence-corrected chi connectivity index (χ1v) is 8.19. The molecule has 18 heavy (non-hydrogen) atoms. The monoisotopic (exact) mass is 273 g/mol. The largest absolute Gasteiger partial charge is 0.480 e. The van der Waals surface area contributed by atoms with Crippen LogP contribution in [0.25, 0.3) is 0 Å². The van der Waals surface area contributed by atoms with Crippen LogP contribution in [0.1, 0.15) is 52.9 Å². The fraction of sp³-hybridized carbons (Fsp3) is 0.929. The van der Waals surface area contributed by atoms with E-state index in [9.17, 15) is 9.90 Å². The minimum atomic E-state index is -0.668. The zero-order valence-electron chi connectivity index (χ0n) is 11.9. The molecule has 0 aromatic carbocycles. The lowest BCUT2D eigenvalue weighted by atomic mass is 9.81. The molecule has 0 aliphatic heterocycles. The quantitative estimate of drug-likeness (QED) is 0.748. The van der Waals surface area contributed by atoms with Gasteiger partial charge in [0.1, 0.15) is 5.54 Å². The Hall–Kier alpha value is -0.220. The molecule has 3 atom stereocenters. The highest BCUT2D eigenvalue weighted by molar-refractivity contribution is 7.99. The summed E-state index contributed by atoms with van der Waals surface area (Å²) < 4.78 is 0. The predicted octanol–water partition coefficient (Wildman–Crippen LogP) is 3.14. The molecule has 0 saturated heterocycles. The van der Waals surface area contributed by atoms with E-state index in [-0.39, 0.29) is 0 Å². The van der Waals surface area contributed by atoms with Crippen molar-refractivity contribution in [1.82, 2.24) is 5.32 Å². The van der Waals surface area contributed by atoms with Crippen molar-refractivity contribution in [3.05, 3.63) is 0 Å². The SMILES string of the molecule is CCNC1(C(=O)O)CCCC(SCC(C)CC)C1. The van der Waals surface area contributed by atoms with Crippen LogP contribution >= 0.6 is 11.8 Å². The van der Waals surface area contributed by atoms with Crippen LogP contribution in [-0.4, -0.2) is 34.2 Å². The van der Waals surface area contributed by atoms with E-state index in [4.69, 9.17) is 0 Å². The number of likely N-dealkylation sites (N-methyl/N-ethyl adjacent to an activating group) is 1. The van der Waals surface area contributed by atoms with Crippen molar-refractivity contribution in [2.75, 3.05) is 12.3 Å². The van der Waals surface area contributed by atoms with Crippen LogP contribution in [0.15, 0.2) is 0 Å². The molecule has 0 aromatic rings. The van der Waals surface area contributed by atoms with Gasteiger partial charge >= 0.3 is 5.97 Å². The molecule has 3 nitrogen and oxygen atoms in total. The van der Waals surface area contributed by atoms with Crippen LogP contribution in [0, 0.1) is 5.92 Å². The number of carboxylic acid groups (broad SMARTS) is 1. The van der Waals surface area contributed by atoms with Crippen molar-refractivity contribution in [3.8, 4) is 0 Å². The second kappa shape index (κ2) is 7.39. The van der Waals surface area contributed by atoms with Crippen LogP contribution in [0.3, 0.4) is 0 Å². The molecule has 1 aliphatic carbocycles. The summed E-state index contributed by atoms with van der Waals surface area (Å²) in [5, 5.41) is 13.2. The number of hydrogen-bond acceptors (Lipinski definition) is 3. The molecule has 0 bridgehead atoms. The molecule has 0 radical (unpaired) electrons. The van der Waals surface area contributed by atoms with E-state index in [1.165, 1.54) is 12.8 Å². The molecule has 0 spiro atoms. The molecule has 2 N–H and O–H groups in total. The van der Waals surface area contributed by atoms with Crippen molar-refractivity contribution >= 4 is 17.7 Å². The summed E-state index contributed by atoms with van der Waals surface area (Å²) in [7, 11) is 0. The molecule has 0 heterocycles. The third-order valence-electron chi connectivity index (χ3n) is 3.94. The molecule has 1 saturated carbocycles. The predicted molar refractivity (Wildman–Crippen MR) is 78.2 cm³/mol. The maximum atomic E-state index is 11.5. The highest BCUT2D eigenvalue weighted by Crippen LogP contribution is 2.36. The molecule has 1 rings (SSSR count). The average molecular weight is 273 g/mol. The Morgan fingerprint density at radius 1 is 1.56 bits per heavy atom. The summed E-state index contributed by atoms with van der Waals surface area (Å²) in [5.74, 6) is 1.22. The van der Waals surface area contributed by atoms with E-state index in [0.717, 1.165) is 37.5 Å². The van der Waals surface area contributed by atoms with E-state index in [1.54, 1.807) is 0 Å². The van der Waals surface area contributed by atoms with E-state index >= 15 is 0 Å².